The maximum atomic E-state index is 10.9. The van der Waals surface area contributed by atoms with Gasteiger partial charge in [0.25, 0.3) is 0 Å². The SMILES string of the molecule is O=C(O)N1CCN(C(c2cocn2)c2cocn2)CC1. The summed E-state index contributed by atoms with van der Waals surface area (Å²) in [5, 5.41) is 8.98. The first-order chi connectivity index (χ1) is 9.75. The van der Waals surface area contributed by atoms with Gasteiger partial charge in [-0.1, -0.05) is 0 Å². The Labute approximate surface area is 114 Å². The molecular formula is C12H14N4O4. The summed E-state index contributed by atoms with van der Waals surface area (Å²) >= 11 is 0. The molecule has 2 aromatic heterocycles. The molecule has 0 unspecified atom stereocenters. The lowest BCUT2D eigenvalue weighted by molar-refractivity contribution is 0.0915. The number of aromatic nitrogens is 2. The monoisotopic (exact) mass is 278 g/mol. The molecular weight excluding hydrogens is 264 g/mol. The summed E-state index contributed by atoms with van der Waals surface area (Å²) in [6.45, 7) is 2.14. The minimum atomic E-state index is -0.885. The standard InChI is InChI=1S/C12H14N4O4/c17-12(18)16-3-1-15(2-4-16)11(9-5-19-7-13-9)10-6-20-8-14-10/h5-8,11H,1-4H2,(H,17,18). The Bertz CT molecular complexity index is 512. The molecule has 8 heteroatoms. The smallest absolute Gasteiger partial charge is 0.407 e. The van der Waals surface area contributed by atoms with E-state index in [9.17, 15) is 4.79 Å². The number of carboxylic acid groups (broad SMARTS) is 1. The van der Waals surface area contributed by atoms with E-state index in [1.54, 1.807) is 12.5 Å². The van der Waals surface area contributed by atoms with Crippen LogP contribution in [-0.4, -0.2) is 57.1 Å². The molecule has 8 nitrogen and oxygen atoms in total. The number of hydrogen-bond acceptors (Lipinski definition) is 6. The molecule has 0 saturated carbocycles. The van der Waals surface area contributed by atoms with Crippen molar-refractivity contribution in [1.29, 1.82) is 0 Å². The quantitative estimate of drug-likeness (QED) is 0.896. The first kappa shape index (κ1) is 12.7. The third-order valence-electron chi connectivity index (χ3n) is 3.41. The van der Waals surface area contributed by atoms with E-state index in [0.29, 0.717) is 26.2 Å². The predicted octanol–water partition coefficient (Wildman–Crippen LogP) is 1.05. The van der Waals surface area contributed by atoms with Gasteiger partial charge in [0, 0.05) is 26.2 Å². The number of oxazole rings is 2. The topological polar surface area (TPSA) is 95.8 Å². The molecule has 2 aromatic rings. The number of nitrogens with zero attached hydrogens (tertiary/aromatic N) is 4. The van der Waals surface area contributed by atoms with E-state index in [4.69, 9.17) is 13.9 Å². The van der Waals surface area contributed by atoms with Crippen molar-refractivity contribution < 1.29 is 18.7 Å². The van der Waals surface area contributed by atoms with E-state index in [1.807, 2.05) is 0 Å². The molecule has 1 saturated heterocycles. The van der Waals surface area contributed by atoms with E-state index < -0.39 is 6.09 Å². The van der Waals surface area contributed by atoms with Gasteiger partial charge in [-0.2, -0.15) is 0 Å². The van der Waals surface area contributed by atoms with Crippen molar-refractivity contribution in [3.8, 4) is 0 Å². The molecule has 1 aliphatic heterocycles. The Morgan fingerprint density at radius 2 is 1.65 bits per heavy atom. The number of piperazine rings is 1. The summed E-state index contributed by atoms with van der Waals surface area (Å²) in [6, 6.07) is -0.177. The minimum absolute atomic E-state index is 0.177. The highest BCUT2D eigenvalue weighted by molar-refractivity contribution is 5.65. The maximum absolute atomic E-state index is 10.9. The van der Waals surface area contributed by atoms with Gasteiger partial charge < -0.3 is 18.8 Å². The summed E-state index contributed by atoms with van der Waals surface area (Å²) in [5.41, 5.74) is 1.48. The summed E-state index contributed by atoms with van der Waals surface area (Å²) in [6.07, 6.45) is 5.00. The van der Waals surface area contributed by atoms with Crippen molar-refractivity contribution in [2.45, 2.75) is 6.04 Å². The van der Waals surface area contributed by atoms with Crippen LogP contribution in [0.1, 0.15) is 17.4 Å². The Morgan fingerprint density at radius 1 is 1.10 bits per heavy atom. The fraction of sp³-hybridized carbons (Fsp3) is 0.417. The third kappa shape index (κ3) is 2.37. The summed E-state index contributed by atoms with van der Waals surface area (Å²) < 4.78 is 10.1. The number of rotatable bonds is 3. The Balaban J connectivity index is 1.80. The van der Waals surface area contributed by atoms with Gasteiger partial charge in [0.15, 0.2) is 12.8 Å². The zero-order valence-corrected chi connectivity index (χ0v) is 10.7. The van der Waals surface area contributed by atoms with Gasteiger partial charge in [0.05, 0.1) is 0 Å². The lowest BCUT2D eigenvalue weighted by Crippen LogP contribution is -2.49. The van der Waals surface area contributed by atoms with Gasteiger partial charge in [-0.3, -0.25) is 4.90 Å². The van der Waals surface area contributed by atoms with Crippen molar-refractivity contribution in [2.75, 3.05) is 26.2 Å². The average Bonchev–Trinajstić information content (AvgIpc) is 3.13. The zero-order chi connectivity index (χ0) is 13.9. The second kappa shape index (κ2) is 5.33. The van der Waals surface area contributed by atoms with E-state index in [2.05, 4.69) is 14.9 Å². The first-order valence-corrected chi connectivity index (χ1v) is 6.24. The Hall–Kier alpha value is -2.35. The van der Waals surface area contributed by atoms with Gasteiger partial charge in [-0.25, -0.2) is 14.8 Å². The van der Waals surface area contributed by atoms with Crippen molar-refractivity contribution in [1.82, 2.24) is 19.8 Å². The van der Waals surface area contributed by atoms with Gasteiger partial charge in [0.2, 0.25) is 0 Å². The highest BCUT2D eigenvalue weighted by Gasteiger charge is 2.30. The van der Waals surface area contributed by atoms with Crippen LogP contribution in [0.5, 0.6) is 0 Å². The second-order valence-electron chi connectivity index (χ2n) is 4.53. The van der Waals surface area contributed by atoms with Crippen LogP contribution in [0.4, 0.5) is 4.79 Å². The van der Waals surface area contributed by atoms with Gasteiger partial charge >= 0.3 is 6.09 Å². The molecule has 1 aliphatic rings. The fourth-order valence-electron chi connectivity index (χ4n) is 2.41. The molecule has 106 valence electrons. The molecule has 0 aromatic carbocycles. The van der Waals surface area contributed by atoms with Crippen LogP contribution in [0.25, 0.3) is 0 Å². The first-order valence-electron chi connectivity index (χ1n) is 6.24. The lowest BCUT2D eigenvalue weighted by atomic mass is 10.1. The summed E-state index contributed by atoms with van der Waals surface area (Å²) in [4.78, 5) is 22.8. The number of amides is 1. The van der Waals surface area contributed by atoms with E-state index in [1.165, 1.54) is 17.7 Å². The van der Waals surface area contributed by atoms with Gasteiger partial charge in [0.1, 0.15) is 30.0 Å². The van der Waals surface area contributed by atoms with Gasteiger partial charge in [-0.05, 0) is 0 Å². The van der Waals surface area contributed by atoms with Gasteiger partial charge in [-0.15, -0.1) is 0 Å². The van der Waals surface area contributed by atoms with Crippen LogP contribution in [0.2, 0.25) is 0 Å². The van der Waals surface area contributed by atoms with Crippen LogP contribution < -0.4 is 0 Å². The predicted molar refractivity (Wildman–Crippen MR) is 66.0 cm³/mol. The van der Waals surface area contributed by atoms with E-state index in [-0.39, 0.29) is 6.04 Å². The molecule has 1 N–H and O–H groups in total. The third-order valence-corrected chi connectivity index (χ3v) is 3.41. The highest BCUT2D eigenvalue weighted by Crippen LogP contribution is 2.27. The molecule has 0 aliphatic carbocycles. The second-order valence-corrected chi connectivity index (χ2v) is 4.53. The molecule has 1 amide bonds. The van der Waals surface area contributed by atoms with Crippen molar-refractivity contribution in [3.05, 3.63) is 36.7 Å². The van der Waals surface area contributed by atoms with Crippen molar-refractivity contribution in [3.63, 3.8) is 0 Å². The minimum Gasteiger partial charge on any atom is -0.465 e. The largest absolute Gasteiger partial charge is 0.465 e. The molecule has 3 heterocycles. The van der Waals surface area contributed by atoms with Crippen LogP contribution in [0.15, 0.2) is 34.1 Å². The van der Waals surface area contributed by atoms with Crippen LogP contribution in [0, 0.1) is 0 Å². The Kier molecular flexibility index (Phi) is 3.38. The highest BCUT2D eigenvalue weighted by atomic mass is 16.4. The number of hydrogen-bond donors (Lipinski definition) is 1. The fourth-order valence-corrected chi connectivity index (χ4v) is 2.41. The number of carbonyl (C=O) groups is 1. The van der Waals surface area contributed by atoms with Crippen molar-refractivity contribution in [2.24, 2.45) is 0 Å². The van der Waals surface area contributed by atoms with Crippen LogP contribution >= 0.6 is 0 Å². The molecule has 0 bridgehead atoms. The molecule has 20 heavy (non-hydrogen) atoms. The van der Waals surface area contributed by atoms with Crippen molar-refractivity contribution >= 4 is 6.09 Å². The molecule has 0 radical (unpaired) electrons. The molecule has 0 atom stereocenters. The Morgan fingerprint density at radius 3 is 2.05 bits per heavy atom. The normalized spacial score (nSPS) is 16.8. The van der Waals surface area contributed by atoms with Crippen LogP contribution in [-0.2, 0) is 0 Å². The summed E-state index contributed by atoms with van der Waals surface area (Å²) in [5.74, 6) is 0. The summed E-state index contributed by atoms with van der Waals surface area (Å²) in [7, 11) is 0. The van der Waals surface area contributed by atoms with E-state index >= 15 is 0 Å². The average molecular weight is 278 g/mol. The maximum Gasteiger partial charge on any atom is 0.407 e. The zero-order valence-electron chi connectivity index (χ0n) is 10.7. The van der Waals surface area contributed by atoms with E-state index in [0.717, 1.165) is 11.4 Å². The molecule has 3 rings (SSSR count). The lowest BCUT2D eigenvalue weighted by Gasteiger charge is -2.36. The van der Waals surface area contributed by atoms with Crippen LogP contribution in [0.3, 0.4) is 0 Å². The molecule has 1 fully saturated rings. The molecule has 0 spiro atoms.